The van der Waals surface area contributed by atoms with Gasteiger partial charge >= 0.3 is 12.0 Å². The molecule has 3 aliphatic rings. The molecule has 2 aliphatic heterocycles. The van der Waals surface area contributed by atoms with Gasteiger partial charge in [-0.1, -0.05) is 43.2 Å². The van der Waals surface area contributed by atoms with Gasteiger partial charge in [-0.2, -0.15) is 0 Å². The highest BCUT2D eigenvalue weighted by atomic mass is 16.8. The number of benzene rings is 1. The number of carbonyl (C=O) groups excluding carboxylic acids is 1. The molecule has 2 saturated heterocycles. The van der Waals surface area contributed by atoms with E-state index in [1.165, 1.54) is 30.2 Å². The average Bonchev–Trinajstić information content (AvgIpc) is 3.85. The van der Waals surface area contributed by atoms with Gasteiger partial charge in [-0.3, -0.25) is 9.88 Å². The molecule has 45 heavy (non-hydrogen) atoms. The summed E-state index contributed by atoms with van der Waals surface area (Å²) in [5, 5.41) is 15.4. The zero-order valence-electron chi connectivity index (χ0n) is 24.3. The molecule has 3 aromatic heterocycles. The Morgan fingerprint density at radius 1 is 0.978 bits per heavy atom. The number of fused-ring (bicyclic) bond motifs is 2. The highest BCUT2D eigenvalue weighted by Crippen LogP contribution is 2.41. The van der Waals surface area contributed by atoms with Gasteiger partial charge < -0.3 is 29.4 Å². The first-order valence-electron chi connectivity index (χ1n) is 15.1. The van der Waals surface area contributed by atoms with Crippen LogP contribution in [0.4, 0.5) is 10.6 Å². The standard InChI is InChI=1S/C31H33N7O7/c39-30(40)20-11-6-14-32-28(20)42-15-21-24-25(45-22(44-24)13-12-18-7-2-1-3-8-18)29(43-21)38-17-35-23-26(33-16-34-27(23)38)37-31(41)36-19-9-4-5-10-19/h1-3,6-8,11,14,16-17,19,21-22,24-25,29H,4-5,9-10,12-13,15H2,(H,39,40)(H2,33,34,36,37,41)/t21-,22?,24-,25-,29-/m1/s1. The Morgan fingerprint density at radius 2 is 1.80 bits per heavy atom. The molecule has 5 heterocycles. The molecule has 14 nitrogen and oxygen atoms in total. The topological polar surface area (TPSA) is 172 Å². The van der Waals surface area contributed by atoms with Gasteiger partial charge in [0, 0.05) is 18.7 Å². The average molecular weight is 616 g/mol. The van der Waals surface area contributed by atoms with Crippen molar-refractivity contribution in [2.75, 3.05) is 11.9 Å². The summed E-state index contributed by atoms with van der Waals surface area (Å²) in [7, 11) is 0. The monoisotopic (exact) mass is 615 g/mol. The Kier molecular flexibility index (Phi) is 8.24. The second-order valence-electron chi connectivity index (χ2n) is 11.3. The highest BCUT2D eigenvalue weighted by Gasteiger charge is 2.54. The summed E-state index contributed by atoms with van der Waals surface area (Å²) in [4.78, 5) is 41.7. The highest BCUT2D eigenvalue weighted by molar-refractivity contribution is 5.96. The first-order valence-corrected chi connectivity index (χ1v) is 15.1. The molecule has 2 amide bonds. The number of hydrogen-bond acceptors (Lipinski definition) is 10. The number of hydrogen-bond donors (Lipinski definition) is 3. The van der Waals surface area contributed by atoms with Crippen molar-refractivity contribution < 1.29 is 33.6 Å². The second-order valence-corrected chi connectivity index (χ2v) is 11.3. The van der Waals surface area contributed by atoms with Gasteiger partial charge in [0.25, 0.3) is 0 Å². The zero-order chi connectivity index (χ0) is 30.8. The fraction of sp³-hybridized carbons (Fsp3) is 0.419. The number of pyridine rings is 1. The van der Waals surface area contributed by atoms with Crippen molar-refractivity contribution in [1.82, 2.24) is 29.8 Å². The lowest BCUT2D eigenvalue weighted by Gasteiger charge is -2.21. The largest absolute Gasteiger partial charge is 0.477 e. The summed E-state index contributed by atoms with van der Waals surface area (Å²) >= 11 is 0. The van der Waals surface area contributed by atoms with E-state index < -0.39 is 36.8 Å². The fourth-order valence-electron chi connectivity index (χ4n) is 6.18. The summed E-state index contributed by atoms with van der Waals surface area (Å²) in [6.45, 7) is -0.0283. The van der Waals surface area contributed by atoms with E-state index in [1.54, 1.807) is 10.9 Å². The number of aromatic carboxylic acids is 1. The number of aromatic nitrogens is 5. The Labute approximate surface area is 258 Å². The zero-order valence-corrected chi connectivity index (χ0v) is 24.3. The number of urea groups is 1. The molecule has 1 aliphatic carbocycles. The van der Waals surface area contributed by atoms with Crippen molar-refractivity contribution in [3.8, 4) is 5.88 Å². The molecule has 1 saturated carbocycles. The number of aryl methyl sites for hydroxylation is 1. The van der Waals surface area contributed by atoms with E-state index in [0.717, 1.165) is 32.1 Å². The molecule has 3 fully saturated rings. The summed E-state index contributed by atoms with van der Waals surface area (Å²) in [6.07, 6.45) is 7.01. The summed E-state index contributed by atoms with van der Waals surface area (Å²) in [5.41, 5.74) is 1.96. The van der Waals surface area contributed by atoms with Crippen LogP contribution >= 0.6 is 0 Å². The van der Waals surface area contributed by atoms with Crippen LogP contribution in [0.15, 0.2) is 61.3 Å². The third-order valence-corrected chi connectivity index (χ3v) is 8.36. The van der Waals surface area contributed by atoms with E-state index in [1.807, 2.05) is 18.2 Å². The lowest BCUT2D eigenvalue weighted by atomic mass is 10.1. The lowest BCUT2D eigenvalue weighted by Crippen LogP contribution is -2.36. The normalized spacial score (nSPS) is 24.5. The van der Waals surface area contributed by atoms with E-state index >= 15 is 0 Å². The SMILES string of the molecule is O=C(Nc1ncnc2c1ncn2[C@@H]1O[C@H](COc2ncccc2C(=O)O)[C@H]2OC(CCc3ccccc3)O[C@H]21)NC1CCCC1. The molecular formula is C31H33N7O7. The first kappa shape index (κ1) is 29.1. The van der Waals surface area contributed by atoms with Gasteiger partial charge in [-0.05, 0) is 37.0 Å². The van der Waals surface area contributed by atoms with E-state index in [0.29, 0.717) is 17.6 Å². The maximum absolute atomic E-state index is 12.7. The number of ether oxygens (including phenoxy) is 4. The molecule has 234 valence electrons. The predicted molar refractivity (Wildman–Crippen MR) is 159 cm³/mol. The smallest absolute Gasteiger partial charge is 0.341 e. The molecule has 0 radical (unpaired) electrons. The van der Waals surface area contributed by atoms with Gasteiger partial charge in [0.1, 0.15) is 36.8 Å². The van der Waals surface area contributed by atoms with Crippen molar-refractivity contribution in [1.29, 1.82) is 0 Å². The minimum atomic E-state index is -1.14. The maximum atomic E-state index is 12.7. The number of nitrogens with one attached hydrogen (secondary N) is 2. The van der Waals surface area contributed by atoms with Gasteiger partial charge in [0.05, 0.1) is 6.33 Å². The molecule has 4 aromatic rings. The quantitative estimate of drug-likeness (QED) is 0.238. The molecule has 0 bridgehead atoms. The Morgan fingerprint density at radius 3 is 2.62 bits per heavy atom. The van der Waals surface area contributed by atoms with E-state index in [4.69, 9.17) is 18.9 Å². The van der Waals surface area contributed by atoms with E-state index in [9.17, 15) is 14.7 Å². The molecule has 7 rings (SSSR count). The number of carboxylic acids is 1. The van der Waals surface area contributed by atoms with Crippen LogP contribution in [0.3, 0.4) is 0 Å². The van der Waals surface area contributed by atoms with Crippen LogP contribution < -0.4 is 15.4 Å². The Balaban J connectivity index is 1.12. The van der Waals surface area contributed by atoms with Crippen LogP contribution in [-0.2, 0) is 20.6 Å². The number of imidazole rings is 1. The summed E-state index contributed by atoms with van der Waals surface area (Å²) in [6, 6.07) is 12.9. The van der Waals surface area contributed by atoms with Gasteiger partial charge in [-0.15, -0.1) is 0 Å². The van der Waals surface area contributed by atoms with Crippen LogP contribution in [0.2, 0.25) is 0 Å². The third kappa shape index (κ3) is 6.16. The van der Waals surface area contributed by atoms with Crippen molar-refractivity contribution in [3.63, 3.8) is 0 Å². The molecule has 14 heteroatoms. The molecule has 3 N–H and O–H groups in total. The Hall–Kier alpha value is -4.66. The first-order chi connectivity index (χ1) is 22.0. The van der Waals surface area contributed by atoms with E-state index in [-0.39, 0.29) is 35.9 Å². The van der Waals surface area contributed by atoms with Crippen molar-refractivity contribution >= 4 is 29.0 Å². The van der Waals surface area contributed by atoms with Crippen LogP contribution in [-0.4, -0.2) is 78.9 Å². The number of rotatable bonds is 10. The van der Waals surface area contributed by atoms with E-state index in [2.05, 4.69) is 42.7 Å². The lowest BCUT2D eigenvalue weighted by molar-refractivity contribution is -0.151. The van der Waals surface area contributed by atoms with Crippen molar-refractivity contribution in [2.24, 2.45) is 0 Å². The summed E-state index contributed by atoms with van der Waals surface area (Å²) in [5.74, 6) is -0.876. The fourth-order valence-corrected chi connectivity index (χ4v) is 6.18. The molecule has 5 atom stereocenters. The third-order valence-electron chi connectivity index (χ3n) is 8.36. The number of carbonyl (C=O) groups is 2. The van der Waals surface area contributed by atoms with Crippen LogP contribution in [0.5, 0.6) is 5.88 Å². The second kappa shape index (κ2) is 12.8. The minimum absolute atomic E-state index is 0.0134. The number of anilines is 1. The summed E-state index contributed by atoms with van der Waals surface area (Å²) < 4.78 is 26.8. The van der Waals surface area contributed by atoms with Crippen LogP contribution in [0.1, 0.15) is 54.3 Å². The maximum Gasteiger partial charge on any atom is 0.341 e. The number of nitrogens with zero attached hydrogens (tertiary/aromatic N) is 5. The van der Waals surface area contributed by atoms with Gasteiger partial charge in [-0.25, -0.2) is 29.5 Å². The van der Waals surface area contributed by atoms with Crippen molar-refractivity contribution in [3.05, 3.63) is 72.4 Å². The molecule has 0 spiro atoms. The molecule has 1 unspecified atom stereocenters. The van der Waals surface area contributed by atoms with Gasteiger partial charge in [0.15, 0.2) is 29.5 Å². The minimum Gasteiger partial charge on any atom is -0.477 e. The van der Waals surface area contributed by atoms with Gasteiger partial charge in [0.2, 0.25) is 5.88 Å². The predicted octanol–water partition coefficient (Wildman–Crippen LogP) is 3.70. The Bertz CT molecular complexity index is 1660. The molecular weight excluding hydrogens is 582 g/mol. The number of amides is 2. The van der Waals surface area contributed by atoms with Crippen molar-refractivity contribution in [2.45, 2.75) is 75.4 Å². The van der Waals surface area contributed by atoms with Crippen LogP contribution in [0.25, 0.3) is 11.2 Å². The molecule has 1 aromatic carbocycles. The van der Waals surface area contributed by atoms with Crippen LogP contribution in [0, 0.1) is 0 Å². The number of carboxylic acid groups (broad SMARTS) is 1.